The Labute approximate surface area is 173 Å². The molecule has 2 atom stereocenters. The van der Waals surface area contributed by atoms with E-state index in [0.717, 1.165) is 12.6 Å². The zero-order valence-electron chi connectivity index (χ0n) is 19.7. The lowest BCUT2D eigenvalue weighted by Crippen LogP contribution is -2.41. The Morgan fingerprint density at radius 3 is 1.07 bits per heavy atom. The van der Waals surface area contributed by atoms with E-state index in [2.05, 4.69) is 93.5 Å². The summed E-state index contributed by atoms with van der Waals surface area (Å²) < 4.78 is 24.2. The van der Waals surface area contributed by atoms with Crippen LogP contribution in [0.4, 0.5) is 0 Å². The number of rotatable bonds is 7. The van der Waals surface area contributed by atoms with Crippen molar-refractivity contribution < 1.29 is 18.6 Å². The van der Waals surface area contributed by atoms with Crippen LogP contribution in [0.2, 0.25) is 12.6 Å². The third kappa shape index (κ3) is 5.33. The first-order valence-electron chi connectivity index (χ1n) is 10.7. The highest BCUT2D eigenvalue weighted by atomic mass is 16.7. The van der Waals surface area contributed by atoms with Crippen molar-refractivity contribution in [2.75, 3.05) is 0 Å². The molecule has 0 bridgehead atoms. The van der Waals surface area contributed by atoms with Gasteiger partial charge in [-0.15, -0.1) is 0 Å². The van der Waals surface area contributed by atoms with Crippen LogP contribution in [0.5, 0.6) is 0 Å². The van der Waals surface area contributed by atoms with Crippen LogP contribution in [0.3, 0.4) is 0 Å². The van der Waals surface area contributed by atoms with E-state index < -0.39 is 0 Å². The van der Waals surface area contributed by atoms with Gasteiger partial charge in [0.2, 0.25) is 0 Å². The van der Waals surface area contributed by atoms with Gasteiger partial charge in [-0.05, 0) is 67.2 Å². The van der Waals surface area contributed by atoms with Gasteiger partial charge in [0, 0.05) is 12.6 Å². The Morgan fingerprint density at radius 1 is 0.571 bits per heavy atom. The molecule has 0 saturated carbocycles. The molecule has 0 radical (unpaired) electrons. The van der Waals surface area contributed by atoms with Gasteiger partial charge in [-0.25, -0.2) is 0 Å². The van der Waals surface area contributed by atoms with Crippen molar-refractivity contribution in [3.63, 3.8) is 0 Å². The largest absolute Gasteiger partial charge is 0.461 e. The van der Waals surface area contributed by atoms with Crippen LogP contribution in [0, 0.1) is 11.8 Å². The molecule has 2 saturated heterocycles. The summed E-state index contributed by atoms with van der Waals surface area (Å²) in [5.41, 5.74) is -1.05. The number of hydrogen-bond donors (Lipinski definition) is 0. The van der Waals surface area contributed by atoms with E-state index in [1.165, 1.54) is 0 Å². The first-order chi connectivity index (χ1) is 12.7. The van der Waals surface area contributed by atoms with Crippen LogP contribution in [-0.2, 0) is 18.6 Å². The minimum atomic E-state index is -0.263. The normalized spacial score (nSPS) is 27.8. The molecule has 0 spiro atoms. The van der Waals surface area contributed by atoms with Crippen molar-refractivity contribution in [1.29, 1.82) is 0 Å². The Balaban J connectivity index is 1.76. The molecule has 2 fully saturated rings. The minimum Gasteiger partial charge on any atom is -0.403 e. The lowest BCUT2D eigenvalue weighted by molar-refractivity contribution is 0.00578. The summed E-state index contributed by atoms with van der Waals surface area (Å²) in [6, 6.07) is 0. The molecule has 28 heavy (non-hydrogen) atoms. The van der Waals surface area contributed by atoms with Gasteiger partial charge in [0.1, 0.15) is 0 Å². The zero-order chi connectivity index (χ0) is 21.4. The monoisotopic (exact) mass is 390 g/mol. The third-order valence-corrected chi connectivity index (χ3v) is 6.97. The van der Waals surface area contributed by atoms with Crippen LogP contribution in [0.15, 0.2) is 24.3 Å². The van der Waals surface area contributed by atoms with Crippen molar-refractivity contribution in [2.45, 2.75) is 104 Å². The molecule has 0 aromatic rings. The summed E-state index contributed by atoms with van der Waals surface area (Å²) in [6.07, 6.45) is 10.4. The second kappa shape index (κ2) is 8.29. The van der Waals surface area contributed by atoms with Gasteiger partial charge in [0.05, 0.1) is 22.4 Å². The van der Waals surface area contributed by atoms with Gasteiger partial charge < -0.3 is 18.6 Å². The standard InChI is InChI=1S/C22H40B2O4/c1-17(13-11-15-23-25-19(3,4)20(5,6)26-23)18(2)14-12-16-24-27-21(7,8)22(9,10)28-24/h11-14,17-18H,15-16H2,1-10H3/b13-11-,14-12-/t17-,18+. The molecule has 0 unspecified atom stereocenters. The summed E-state index contributed by atoms with van der Waals surface area (Å²) in [7, 11) is -0.328. The fourth-order valence-corrected chi connectivity index (χ4v) is 3.28. The highest BCUT2D eigenvalue weighted by Gasteiger charge is 2.51. The van der Waals surface area contributed by atoms with Gasteiger partial charge >= 0.3 is 14.2 Å². The van der Waals surface area contributed by atoms with Gasteiger partial charge in [0.15, 0.2) is 0 Å². The van der Waals surface area contributed by atoms with Crippen molar-refractivity contribution in [3.8, 4) is 0 Å². The van der Waals surface area contributed by atoms with Crippen molar-refractivity contribution in [1.82, 2.24) is 0 Å². The van der Waals surface area contributed by atoms with E-state index >= 15 is 0 Å². The molecular weight excluding hydrogens is 350 g/mol. The Morgan fingerprint density at radius 2 is 0.821 bits per heavy atom. The molecular formula is C22H40B2O4. The van der Waals surface area contributed by atoms with Crippen LogP contribution in [0.1, 0.15) is 69.2 Å². The fourth-order valence-electron chi connectivity index (χ4n) is 3.28. The topological polar surface area (TPSA) is 36.9 Å². The molecule has 6 heteroatoms. The molecule has 158 valence electrons. The quantitative estimate of drug-likeness (QED) is 0.422. The molecule has 4 nitrogen and oxygen atoms in total. The van der Waals surface area contributed by atoms with Crippen molar-refractivity contribution in [2.24, 2.45) is 11.8 Å². The molecule has 2 aliphatic heterocycles. The molecule has 2 rings (SSSR count). The van der Waals surface area contributed by atoms with Crippen LogP contribution < -0.4 is 0 Å². The van der Waals surface area contributed by atoms with Crippen LogP contribution >= 0.6 is 0 Å². The lowest BCUT2D eigenvalue weighted by Gasteiger charge is -2.32. The molecule has 0 aliphatic carbocycles. The van der Waals surface area contributed by atoms with Crippen LogP contribution in [0.25, 0.3) is 0 Å². The highest BCUT2D eigenvalue weighted by molar-refractivity contribution is 6.46. The summed E-state index contributed by atoms with van der Waals surface area (Å²) in [5, 5.41) is 0. The van der Waals surface area contributed by atoms with Crippen molar-refractivity contribution >= 4 is 14.2 Å². The predicted octanol–water partition coefficient (Wildman–Crippen LogP) is 5.56. The molecule has 0 aromatic heterocycles. The van der Waals surface area contributed by atoms with E-state index in [9.17, 15) is 0 Å². The first kappa shape index (κ1) is 23.7. The highest BCUT2D eigenvalue weighted by Crippen LogP contribution is 2.38. The van der Waals surface area contributed by atoms with Crippen molar-refractivity contribution in [3.05, 3.63) is 24.3 Å². The Bertz CT molecular complexity index is 511. The predicted molar refractivity (Wildman–Crippen MR) is 118 cm³/mol. The summed E-state index contributed by atoms with van der Waals surface area (Å²) in [5.74, 6) is 0.883. The summed E-state index contributed by atoms with van der Waals surface area (Å²) >= 11 is 0. The third-order valence-electron chi connectivity index (χ3n) is 6.97. The van der Waals surface area contributed by atoms with E-state index in [0.29, 0.717) is 11.8 Å². The molecule has 0 aromatic carbocycles. The fraction of sp³-hybridized carbons (Fsp3) is 0.818. The molecule has 2 heterocycles. The summed E-state index contributed by atoms with van der Waals surface area (Å²) in [4.78, 5) is 0. The maximum atomic E-state index is 6.05. The average Bonchev–Trinajstić information content (AvgIpc) is 2.85. The van der Waals surface area contributed by atoms with Gasteiger partial charge in [0.25, 0.3) is 0 Å². The first-order valence-corrected chi connectivity index (χ1v) is 10.7. The number of allylic oxidation sites excluding steroid dienone is 4. The Hall–Kier alpha value is -0.550. The number of hydrogen-bond acceptors (Lipinski definition) is 4. The van der Waals surface area contributed by atoms with E-state index in [1.54, 1.807) is 0 Å². The van der Waals surface area contributed by atoms with E-state index in [-0.39, 0.29) is 36.6 Å². The SMILES string of the molecule is C[C@H](/C=C\CB1OC(C)(C)C(C)(C)O1)[C@@H](C)/C=C\CB1OC(C)(C)C(C)(C)O1. The molecule has 0 amide bonds. The van der Waals surface area contributed by atoms with Gasteiger partial charge in [-0.1, -0.05) is 38.2 Å². The lowest BCUT2D eigenvalue weighted by atomic mass is 9.82. The summed E-state index contributed by atoms with van der Waals surface area (Å²) in [6.45, 7) is 21.2. The second-order valence-corrected chi connectivity index (χ2v) is 10.4. The van der Waals surface area contributed by atoms with E-state index in [4.69, 9.17) is 18.6 Å². The van der Waals surface area contributed by atoms with Crippen LogP contribution in [-0.4, -0.2) is 36.6 Å². The second-order valence-electron chi connectivity index (χ2n) is 10.4. The van der Waals surface area contributed by atoms with Gasteiger partial charge in [-0.3, -0.25) is 0 Å². The Kier molecular flexibility index (Phi) is 7.03. The maximum Gasteiger partial charge on any atom is 0.461 e. The maximum absolute atomic E-state index is 6.05. The molecule has 0 N–H and O–H groups in total. The smallest absolute Gasteiger partial charge is 0.403 e. The van der Waals surface area contributed by atoms with E-state index in [1.807, 2.05) is 0 Å². The van der Waals surface area contributed by atoms with Gasteiger partial charge in [-0.2, -0.15) is 0 Å². The average molecular weight is 390 g/mol. The zero-order valence-corrected chi connectivity index (χ0v) is 19.7. The molecule has 2 aliphatic rings. The minimum absolute atomic E-state index is 0.164.